The maximum absolute atomic E-state index is 10.4. The molecule has 0 aliphatic carbocycles. The molecule has 0 amide bonds. The van der Waals surface area contributed by atoms with Gasteiger partial charge in [0.05, 0.1) is 0 Å². The number of carboxylic acid groups (broad SMARTS) is 1. The summed E-state index contributed by atoms with van der Waals surface area (Å²) >= 11 is 0. The zero-order valence-corrected chi connectivity index (χ0v) is 10.5. The molecule has 1 aromatic rings. The maximum atomic E-state index is 10.4. The first-order chi connectivity index (χ1) is 8.61. The number of aryl methyl sites for hydroxylation is 1. The summed E-state index contributed by atoms with van der Waals surface area (Å²) in [5, 5.41) is 11.5. The first-order valence-electron chi connectivity index (χ1n) is 5.92. The summed E-state index contributed by atoms with van der Waals surface area (Å²) in [6.07, 6.45) is 2.73. The van der Waals surface area contributed by atoms with Gasteiger partial charge in [-0.05, 0) is 37.0 Å². The number of anilines is 1. The Balaban J connectivity index is 2.38. The van der Waals surface area contributed by atoms with Crippen LogP contribution in [0.1, 0.15) is 24.8 Å². The molecule has 5 heteroatoms. The highest BCUT2D eigenvalue weighted by Crippen LogP contribution is 2.12. The third-order valence-electron chi connectivity index (χ3n) is 2.57. The van der Waals surface area contributed by atoms with Gasteiger partial charge < -0.3 is 16.2 Å². The van der Waals surface area contributed by atoms with E-state index >= 15 is 0 Å². The number of hydrogen-bond donors (Lipinski definition) is 3. The molecule has 0 saturated heterocycles. The molecule has 0 atom stereocenters. The van der Waals surface area contributed by atoms with E-state index in [1.807, 2.05) is 24.3 Å². The van der Waals surface area contributed by atoms with Gasteiger partial charge in [-0.2, -0.15) is 0 Å². The minimum Gasteiger partial charge on any atom is -0.481 e. The molecule has 0 aliphatic heterocycles. The van der Waals surface area contributed by atoms with Crippen LogP contribution in [0, 0.1) is 0 Å². The van der Waals surface area contributed by atoms with Gasteiger partial charge in [-0.25, -0.2) is 0 Å². The Kier molecular flexibility index (Phi) is 5.70. The smallest absolute Gasteiger partial charge is 0.303 e. The van der Waals surface area contributed by atoms with Crippen molar-refractivity contribution in [3.05, 3.63) is 29.8 Å². The Morgan fingerprint density at radius 3 is 2.56 bits per heavy atom. The van der Waals surface area contributed by atoms with Crippen LogP contribution in [0.15, 0.2) is 29.3 Å². The highest BCUT2D eigenvalue weighted by molar-refractivity contribution is 5.92. The van der Waals surface area contributed by atoms with Gasteiger partial charge >= 0.3 is 5.97 Å². The van der Waals surface area contributed by atoms with Crippen molar-refractivity contribution in [1.82, 2.24) is 0 Å². The summed E-state index contributed by atoms with van der Waals surface area (Å²) in [7, 11) is 1.62. The van der Waals surface area contributed by atoms with Crippen molar-refractivity contribution in [2.24, 2.45) is 10.7 Å². The van der Waals surface area contributed by atoms with E-state index in [0.29, 0.717) is 12.4 Å². The largest absolute Gasteiger partial charge is 0.481 e. The number of hydrogen-bond acceptors (Lipinski definition) is 2. The van der Waals surface area contributed by atoms with Crippen molar-refractivity contribution in [2.45, 2.75) is 25.7 Å². The van der Waals surface area contributed by atoms with Crippen molar-refractivity contribution in [2.75, 3.05) is 12.4 Å². The number of rotatable bonds is 6. The van der Waals surface area contributed by atoms with Crippen LogP contribution in [0.25, 0.3) is 0 Å². The number of carbonyl (C=O) groups is 1. The third kappa shape index (κ3) is 5.34. The van der Waals surface area contributed by atoms with Crippen LogP contribution in [-0.4, -0.2) is 24.1 Å². The number of carboxylic acids is 1. The maximum Gasteiger partial charge on any atom is 0.303 e. The predicted molar refractivity (Wildman–Crippen MR) is 72.8 cm³/mol. The number of aliphatic carboxylic acids is 1. The number of nitrogens with zero attached hydrogens (tertiary/aromatic N) is 1. The van der Waals surface area contributed by atoms with E-state index in [1.54, 1.807) is 7.05 Å². The second-order valence-corrected chi connectivity index (χ2v) is 4.03. The lowest BCUT2D eigenvalue weighted by Gasteiger charge is -2.06. The van der Waals surface area contributed by atoms with Gasteiger partial charge in [0.15, 0.2) is 5.96 Å². The monoisotopic (exact) mass is 249 g/mol. The molecule has 1 aromatic carbocycles. The summed E-state index contributed by atoms with van der Waals surface area (Å²) in [6, 6.07) is 7.88. The molecule has 0 fully saturated rings. The minimum atomic E-state index is -0.733. The topological polar surface area (TPSA) is 87.7 Å². The van der Waals surface area contributed by atoms with Crippen molar-refractivity contribution >= 4 is 17.6 Å². The molecule has 5 nitrogen and oxygen atoms in total. The zero-order chi connectivity index (χ0) is 13.4. The van der Waals surface area contributed by atoms with E-state index in [2.05, 4.69) is 10.3 Å². The second kappa shape index (κ2) is 7.32. The van der Waals surface area contributed by atoms with Crippen LogP contribution in [0.3, 0.4) is 0 Å². The normalized spacial score (nSPS) is 11.3. The van der Waals surface area contributed by atoms with E-state index in [9.17, 15) is 4.79 Å². The highest BCUT2D eigenvalue weighted by Gasteiger charge is 1.99. The number of aliphatic imine (C=N–C) groups is 1. The molecule has 0 unspecified atom stereocenters. The molecule has 0 spiro atoms. The van der Waals surface area contributed by atoms with Gasteiger partial charge in [0.1, 0.15) is 0 Å². The van der Waals surface area contributed by atoms with Crippen LogP contribution >= 0.6 is 0 Å². The number of nitrogens with one attached hydrogen (secondary N) is 1. The van der Waals surface area contributed by atoms with E-state index in [1.165, 1.54) is 5.56 Å². The fourth-order valence-electron chi connectivity index (χ4n) is 1.56. The number of benzene rings is 1. The molecule has 0 bridgehead atoms. The molecule has 0 saturated carbocycles. The first kappa shape index (κ1) is 14.0. The number of nitrogens with two attached hydrogens (primary N) is 1. The van der Waals surface area contributed by atoms with Crippen LogP contribution in [0.4, 0.5) is 5.69 Å². The lowest BCUT2D eigenvalue weighted by molar-refractivity contribution is -0.137. The summed E-state index contributed by atoms with van der Waals surface area (Å²) in [5.74, 6) is -0.354. The van der Waals surface area contributed by atoms with Crippen LogP contribution in [0.2, 0.25) is 0 Å². The summed E-state index contributed by atoms with van der Waals surface area (Å²) < 4.78 is 0. The second-order valence-electron chi connectivity index (χ2n) is 4.03. The Bertz CT molecular complexity index is 413. The highest BCUT2D eigenvalue weighted by atomic mass is 16.4. The Morgan fingerprint density at radius 2 is 2.00 bits per heavy atom. The van der Waals surface area contributed by atoms with Gasteiger partial charge in [0.25, 0.3) is 0 Å². The predicted octanol–water partition coefficient (Wildman–Crippen LogP) is 1.84. The van der Waals surface area contributed by atoms with Gasteiger partial charge in [0.2, 0.25) is 0 Å². The van der Waals surface area contributed by atoms with Crippen molar-refractivity contribution in [3.63, 3.8) is 0 Å². The molecule has 0 aliphatic rings. The van der Waals surface area contributed by atoms with E-state index in [4.69, 9.17) is 10.8 Å². The third-order valence-corrected chi connectivity index (χ3v) is 2.57. The first-order valence-corrected chi connectivity index (χ1v) is 5.92. The Labute approximate surface area is 107 Å². The van der Waals surface area contributed by atoms with Gasteiger partial charge in [-0.1, -0.05) is 12.1 Å². The summed E-state index contributed by atoms with van der Waals surface area (Å²) in [4.78, 5) is 14.2. The van der Waals surface area contributed by atoms with Crippen molar-refractivity contribution in [3.8, 4) is 0 Å². The van der Waals surface area contributed by atoms with Gasteiger partial charge in [-0.3, -0.25) is 9.79 Å². The van der Waals surface area contributed by atoms with Crippen LogP contribution in [-0.2, 0) is 11.2 Å². The molecule has 1 rings (SSSR count). The Hall–Kier alpha value is -2.04. The SMILES string of the molecule is CN=C(N)Nc1ccc(CCCCC(=O)O)cc1. The molecule has 0 aromatic heterocycles. The lowest BCUT2D eigenvalue weighted by Crippen LogP contribution is -2.21. The standard InChI is InChI=1S/C13H19N3O2/c1-15-13(14)16-11-8-6-10(7-9-11)4-2-3-5-12(17)18/h6-9H,2-5H2,1H3,(H,17,18)(H3,14,15,16). The van der Waals surface area contributed by atoms with E-state index in [-0.39, 0.29) is 6.42 Å². The van der Waals surface area contributed by atoms with Crippen LogP contribution < -0.4 is 11.1 Å². The van der Waals surface area contributed by atoms with Crippen molar-refractivity contribution < 1.29 is 9.90 Å². The minimum absolute atomic E-state index is 0.239. The molecule has 98 valence electrons. The molecule has 18 heavy (non-hydrogen) atoms. The number of guanidine groups is 1. The fourth-order valence-corrected chi connectivity index (χ4v) is 1.56. The molecule has 0 heterocycles. The number of unbranched alkanes of at least 4 members (excludes halogenated alkanes) is 1. The van der Waals surface area contributed by atoms with E-state index < -0.39 is 5.97 Å². The average Bonchev–Trinajstić information content (AvgIpc) is 2.36. The summed E-state index contributed by atoms with van der Waals surface area (Å²) in [5.41, 5.74) is 7.64. The Morgan fingerprint density at radius 1 is 1.33 bits per heavy atom. The zero-order valence-electron chi connectivity index (χ0n) is 10.5. The fraction of sp³-hybridized carbons (Fsp3) is 0.385. The van der Waals surface area contributed by atoms with E-state index in [0.717, 1.165) is 18.5 Å². The van der Waals surface area contributed by atoms with Gasteiger partial charge in [0, 0.05) is 19.2 Å². The van der Waals surface area contributed by atoms with Gasteiger partial charge in [-0.15, -0.1) is 0 Å². The van der Waals surface area contributed by atoms with Crippen LogP contribution in [0.5, 0.6) is 0 Å². The lowest BCUT2D eigenvalue weighted by atomic mass is 10.1. The molecule has 0 radical (unpaired) electrons. The quantitative estimate of drug-likeness (QED) is 0.408. The molecular weight excluding hydrogens is 230 g/mol. The summed E-state index contributed by atoms with van der Waals surface area (Å²) in [6.45, 7) is 0. The molecule has 4 N–H and O–H groups in total. The van der Waals surface area contributed by atoms with Crippen molar-refractivity contribution in [1.29, 1.82) is 0 Å². The molecular formula is C13H19N3O2. The average molecular weight is 249 g/mol.